The van der Waals surface area contributed by atoms with E-state index in [2.05, 4.69) is 25.4 Å². The molecule has 2 N–H and O–H groups in total. The van der Waals surface area contributed by atoms with Crippen molar-refractivity contribution < 1.29 is 4.79 Å². The van der Waals surface area contributed by atoms with Crippen LogP contribution in [0, 0.1) is 6.92 Å². The van der Waals surface area contributed by atoms with Crippen LogP contribution in [0.25, 0.3) is 33.2 Å². The Labute approximate surface area is 174 Å². The SMILES string of the molecule is Cc1[nH]c2ccccc2c1-c1csc(NC(=O)Cn2cnc3c(cnn3C)c2=O)n1. The van der Waals surface area contributed by atoms with Gasteiger partial charge in [0.2, 0.25) is 5.91 Å². The van der Waals surface area contributed by atoms with Gasteiger partial charge in [-0.15, -0.1) is 11.3 Å². The van der Waals surface area contributed by atoms with E-state index in [9.17, 15) is 9.59 Å². The van der Waals surface area contributed by atoms with Crippen molar-refractivity contribution in [3.05, 3.63) is 58.2 Å². The van der Waals surface area contributed by atoms with E-state index >= 15 is 0 Å². The number of hydrogen-bond acceptors (Lipinski definition) is 6. The number of amides is 1. The zero-order chi connectivity index (χ0) is 20.8. The summed E-state index contributed by atoms with van der Waals surface area (Å²) in [4.78, 5) is 37.1. The van der Waals surface area contributed by atoms with Gasteiger partial charge in [-0.25, -0.2) is 9.97 Å². The molecule has 10 heteroatoms. The minimum atomic E-state index is -0.348. The first-order chi connectivity index (χ1) is 14.5. The predicted octanol–water partition coefficient (Wildman–Crippen LogP) is 2.68. The van der Waals surface area contributed by atoms with Crippen LogP contribution in [0.4, 0.5) is 5.13 Å². The third kappa shape index (κ3) is 2.98. The van der Waals surface area contributed by atoms with Gasteiger partial charge in [0.15, 0.2) is 10.8 Å². The van der Waals surface area contributed by atoms with Gasteiger partial charge in [-0.1, -0.05) is 18.2 Å². The highest BCUT2D eigenvalue weighted by Gasteiger charge is 2.15. The fraction of sp³-hybridized carbons (Fsp3) is 0.150. The number of carbonyl (C=O) groups is 1. The number of nitrogens with zero attached hydrogens (tertiary/aromatic N) is 5. The van der Waals surface area contributed by atoms with Crippen molar-refractivity contribution in [1.29, 1.82) is 0 Å². The lowest BCUT2D eigenvalue weighted by atomic mass is 10.1. The summed E-state index contributed by atoms with van der Waals surface area (Å²) in [5, 5.41) is 10.6. The second-order valence-electron chi connectivity index (χ2n) is 6.94. The summed E-state index contributed by atoms with van der Waals surface area (Å²) in [6.07, 6.45) is 2.81. The molecule has 4 heterocycles. The van der Waals surface area contributed by atoms with E-state index in [0.29, 0.717) is 16.2 Å². The Balaban J connectivity index is 1.38. The molecule has 0 bridgehead atoms. The number of aromatic amines is 1. The van der Waals surface area contributed by atoms with E-state index in [1.54, 1.807) is 7.05 Å². The molecular formula is C20H17N7O2S. The van der Waals surface area contributed by atoms with Gasteiger partial charge in [0.25, 0.3) is 5.56 Å². The average molecular weight is 419 g/mol. The summed E-state index contributed by atoms with van der Waals surface area (Å²) in [5.41, 5.74) is 4.04. The van der Waals surface area contributed by atoms with Gasteiger partial charge < -0.3 is 10.3 Å². The first kappa shape index (κ1) is 18.3. The first-order valence-corrected chi connectivity index (χ1v) is 10.1. The van der Waals surface area contributed by atoms with Crippen LogP contribution >= 0.6 is 11.3 Å². The molecule has 150 valence electrons. The van der Waals surface area contributed by atoms with Crippen molar-refractivity contribution in [3.63, 3.8) is 0 Å². The third-order valence-corrected chi connectivity index (χ3v) is 5.69. The van der Waals surface area contributed by atoms with Gasteiger partial charge in [-0.05, 0) is 13.0 Å². The van der Waals surface area contributed by atoms with Gasteiger partial charge in [0, 0.05) is 34.6 Å². The Hall–Kier alpha value is -3.79. The summed E-state index contributed by atoms with van der Waals surface area (Å²) >= 11 is 1.34. The van der Waals surface area contributed by atoms with E-state index in [4.69, 9.17) is 0 Å². The average Bonchev–Trinajstić information content (AvgIpc) is 3.41. The maximum absolute atomic E-state index is 12.5. The highest BCUT2D eigenvalue weighted by Crippen LogP contribution is 2.33. The summed E-state index contributed by atoms with van der Waals surface area (Å²) in [5.74, 6) is -0.348. The highest BCUT2D eigenvalue weighted by atomic mass is 32.1. The molecule has 1 aromatic carbocycles. The smallest absolute Gasteiger partial charge is 0.264 e. The lowest BCUT2D eigenvalue weighted by Crippen LogP contribution is -2.27. The molecule has 5 aromatic rings. The monoisotopic (exact) mass is 419 g/mol. The van der Waals surface area contributed by atoms with Crippen LogP contribution < -0.4 is 10.9 Å². The number of hydrogen-bond donors (Lipinski definition) is 2. The lowest BCUT2D eigenvalue weighted by Gasteiger charge is -2.05. The Kier molecular flexibility index (Phi) is 4.21. The van der Waals surface area contributed by atoms with Crippen LogP contribution in [0.5, 0.6) is 0 Å². The number of H-pyrrole nitrogens is 1. The molecule has 5 rings (SSSR count). The molecule has 0 aliphatic heterocycles. The maximum atomic E-state index is 12.5. The van der Waals surface area contributed by atoms with E-state index in [0.717, 1.165) is 27.9 Å². The van der Waals surface area contributed by atoms with Crippen molar-refractivity contribution in [2.75, 3.05) is 5.32 Å². The molecule has 0 fully saturated rings. The lowest BCUT2D eigenvalue weighted by molar-refractivity contribution is -0.116. The van der Waals surface area contributed by atoms with Crippen LogP contribution in [-0.2, 0) is 18.4 Å². The number of benzene rings is 1. The Morgan fingerprint density at radius 2 is 2.10 bits per heavy atom. The molecule has 0 radical (unpaired) electrons. The number of nitrogens with one attached hydrogen (secondary N) is 2. The summed E-state index contributed by atoms with van der Waals surface area (Å²) in [6.45, 7) is 1.85. The normalized spacial score (nSPS) is 11.4. The Morgan fingerprint density at radius 3 is 2.97 bits per heavy atom. The summed E-state index contributed by atoms with van der Waals surface area (Å²) in [6, 6.07) is 8.03. The zero-order valence-corrected chi connectivity index (χ0v) is 17.0. The van der Waals surface area contributed by atoms with Gasteiger partial charge >= 0.3 is 0 Å². The predicted molar refractivity (Wildman–Crippen MR) is 116 cm³/mol. The molecule has 0 atom stereocenters. The quantitative estimate of drug-likeness (QED) is 0.465. The summed E-state index contributed by atoms with van der Waals surface area (Å²) in [7, 11) is 1.71. The van der Waals surface area contributed by atoms with Crippen LogP contribution in [0.2, 0.25) is 0 Å². The van der Waals surface area contributed by atoms with E-state index in [1.807, 2.05) is 36.6 Å². The molecule has 0 aliphatic carbocycles. The van der Waals surface area contributed by atoms with Crippen LogP contribution in [0.1, 0.15) is 5.69 Å². The summed E-state index contributed by atoms with van der Waals surface area (Å²) < 4.78 is 2.78. The molecule has 0 unspecified atom stereocenters. The number of thiazole rings is 1. The molecule has 4 aromatic heterocycles. The standard InChI is InChI=1S/C20H17N7O2S/c1-11-17(12-5-3-4-6-14(12)23-11)15-9-30-20(24-15)25-16(28)8-27-10-21-18-13(19(27)29)7-22-26(18)2/h3-7,9-10,23H,8H2,1-2H3,(H,24,25,28). The van der Waals surface area contributed by atoms with Crippen LogP contribution in [0.3, 0.4) is 0 Å². The largest absolute Gasteiger partial charge is 0.358 e. The van der Waals surface area contributed by atoms with Gasteiger partial charge in [-0.2, -0.15) is 5.10 Å². The minimum absolute atomic E-state index is 0.155. The molecule has 1 amide bonds. The Morgan fingerprint density at radius 1 is 1.27 bits per heavy atom. The highest BCUT2D eigenvalue weighted by molar-refractivity contribution is 7.14. The Bertz CT molecular complexity index is 1470. The molecule has 0 spiro atoms. The topological polar surface area (TPSA) is 110 Å². The number of rotatable bonds is 4. The maximum Gasteiger partial charge on any atom is 0.264 e. The molecule has 0 saturated heterocycles. The minimum Gasteiger partial charge on any atom is -0.358 e. The van der Waals surface area contributed by atoms with Gasteiger partial charge in [-0.3, -0.25) is 18.8 Å². The zero-order valence-electron chi connectivity index (χ0n) is 16.2. The molecule has 0 saturated carbocycles. The van der Waals surface area contributed by atoms with Crippen LogP contribution in [-0.4, -0.2) is 35.2 Å². The molecule has 30 heavy (non-hydrogen) atoms. The van der Waals surface area contributed by atoms with Crippen molar-refractivity contribution >= 4 is 44.3 Å². The van der Waals surface area contributed by atoms with E-state index in [1.165, 1.54) is 33.1 Å². The van der Waals surface area contributed by atoms with E-state index in [-0.39, 0.29) is 18.0 Å². The second-order valence-corrected chi connectivity index (χ2v) is 7.80. The molecule has 9 nitrogen and oxygen atoms in total. The van der Waals surface area contributed by atoms with Crippen LogP contribution in [0.15, 0.2) is 47.0 Å². The second kappa shape index (κ2) is 6.92. The molecular weight excluding hydrogens is 402 g/mol. The van der Waals surface area contributed by atoms with Crippen molar-refractivity contribution in [1.82, 2.24) is 29.3 Å². The van der Waals surface area contributed by atoms with E-state index < -0.39 is 0 Å². The van der Waals surface area contributed by atoms with Gasteiger partial charge in [0.1, 0.15) is 18.3 Å². The fourth-order valence-electron chi connectivity index (χ4n) is 3.55. The number of carbonyl (C=O) groups excluding carboxylic acids is 1. The van der Waals surface area contributed by atoms with Crippen molar-refractivity contribution in [2.24, 2.45) is 7.05 Å². The molecule has 0 aliphatic rings. The third-order valence-electron chi connectivity index (χ3n) is 4.93. The fourth-order valence-corrected chi connectivity index (χ4v) is 4.26. The van der Waals surface area contributed by atoms with Crippen molar-refractivity contribution in [2.45, 2.75) is 13.5 Å². The van der Waals surface area contributed by atoms with Crippen molar-refractivity contribution in [3.8, 4) is 11.3 Å². The number of aryl methyl sites for hydroxylation is 2. The van der Waals surface area contributed by atoms with Gasteiger partial charge in [0.05, 0.1) is 11.9 Å². The number of para-hydroxylation sites is 1. The first-order valence-electron chi connectivity index (χ1n) is 9.21. The number of aromatic nitrogens is 6. The number of anilines is 1. The number of fused-ring (bicyclic) bond motifs is 2.